The van der Waals surface area contributed by atoms with Crippen molar-refractivity contribution in [3.05, 3.63) is 72.6 Å². The number of carbonyl (C=O) groups is 1. The normalized spacial score (nSPS) is 14.7. The Morgan fingerprint density at radius 3 is 2.64 bits per heavy atom. The summed E-state index contributed by atoms with van der Waals surface area (Å²) in [6.45, 7) is 3.59. The van der Waals surface area contributed by atoms with Gasteiger partial charge in [-0.15, -0.1) is 0 Å². The lowest BCUT2D eigenvalue weighted by Gasteiger charge is -2.15. The maximum absolute atomic E-state index is 15.4. The highest BCUT2D eigenvalue weighted by molar-refractivity contribution is 7.93. The van der Waals surface area contributed by atoms with Gasteiger partial charge in [-0.05, 0) is 54.3 Å². The summed E-state index contributed by atoms with van der Waals surface area (Å²) in [6, 6.07) is 8.94. The second kappa shape index (κ2) is 10.6. The molecule has 0 saturated carbocycles. The molecule has 0 aliphatic carbocycles. The molecule has 8 nitrogen and oxygen atoms in total. The number of benzene rings is 2. The number of hydrogen-bond acceptors (Lipinski definition) is 6. The first kappa shape index (κ1) is 26.5. The summed E-state index contributed by atoms with van der Waals surface area (Å²) < 4.78 is 49.9. The largest absolute Gasteiger partial charge is 0.383 e. The highest BCUT2D eigenvalue weighted by Gasteiger charge is 2.25. The van der Waals surface area contributed by atoms with Crippen LogP contribution in [0.4, 0.5) is 20.3 Å². The third-order valence-corrected chi connectivity index (χ3v) is 9.24. The molecule has 0 bridgehead atoms. The van der Waals surface area contributed by atoms with Gasteiger partial charge in [0, 0.05) is 36.2 Å². The molecular formula is C28H28F2N6O2S. The molecule has 39 heavy (non-hydrogen) atoms. The lowest BCUT2D eigenvalue weighted by molar-refractivity contribution is -0.116. The molecule has 5 rings (SSSR count). The smallest absolute Gasteiger partial charge is 0.243 e. The molecule has 2 aromatic heterocycles. The number of nitrogen functional groups attached to an aromatic ring is 1. The number of nitrogens with zero attached hydrogens (tertiary/aromatic N) is 4. The van der Waals surface area contributed by atoms with E-state index in [9.17, 15) is 9.00 Å². The minimum Gasteiger partial charge on any atom is -0.383 e. The van der Waals surface area contributed by atoms with Gasteiger partial charge in [0.05, 0.1) is 20.8 Å². The van der Waals surface area contributed by atoms with Crippen LogP contribution in [-0.2, 0) is 28.1 Å². The van der Waals surface area contributed by atoms with E-state index >= 15 is 8.78 Å². The molecule has 1 fully saturated rings. The van der Waals surface area contributed by atoms with Gasteiger partial charge >= 0.3 is 0 Å². The van der Waals surface area contributed by atoms with Crippen molar-refractivity contribution in [2.24, 2.45) is 11.4 Å². The first-order valence-electron chi connectivity index (χ1n) is 12.5. The SMILES string of the molecule is C=CC(=O)NCc1ccc(F)c(-c2c(-c3ccc(N=S4(=O)CCCCC4)c(F)c3)c3c(N)ncnc3n2C)c1. The number of aryl methyl sites for hydroxylation is 1. The van der Waals surface area contributed by atoms with Crippen LogP contribution in [0.25, 0.3) is 33.4 Å². The van der Waals surface area contributed by atoms with Gasteiger partial charge in [0.25, 0.3) is 0 Å². The van der Waals surface area contributed by atoms with Gasteiger partial charge in [-0.25, -0.2) is 23.0 Å². The van der Waals surface area contributed by atoms with E-state index in [1.165, 1.54) is 24.5 Å². The first-order chi connectivity index (χ1) is 18.7. The number of nitrogens with one attached hydrogen (secondary N) is 1. The van der Waals surface area contributed by atoms with Crippen molar-refractivity contribution in [2.45, 2.75) is 25.8 Å². The summed E-state index contributed by atoms with van der Waals surface area (Å²) >= 11 is 0. The fourth-order valence-electron chi connectivity index (χ4n) is 4.94. The zero-order chi connectivity index (χ0) is 27.7. The molecule has 202 valence electrons. The van der Waals surface area contributed by atoms with Crippen molar-refractivity contribution < 1.29 is 17.8 Å². The van der Waals surface area contributed by atoms with Gasteiger partial charge in [0.2, 0.25) is 5.91 Å². The van der Waals surface area contributed by atoms with Crippen LogP contribution >= 0.6 is 0 Å². The zero-order valence-corrected chi connectivity index (χ0v) is 22.2. The third-order valence-electron chi connectivity index (χ3n) is 6.86. The molecule has 0 radical (unpaired) electrons. The molecular weight excluding hydrogens is 522 g/mol. The number of hydrogen-bond donors (Lipinski definition) is 2. The molecule has 1 aliphatic heterocycles. The Morgan fingerprint density at radius 2 is 1.92 bits per heavy atom. The number of fused-ring (bicyclic) bond motifs is 1. The minimum absolute atomic E-state index is 0.0304. The summed E-state index contributed by atoms with van der Waals surface area (Å²) in [5.74, 6) is -0.443. The van der Waals surface area contributed by atoms with Gasteiger partial charge in [-0.3, -0.25) is 4.79 Å². The van der Waals surface area contributed by atoms with E-state index in [1.54, 1.807) is 29.8 Å². The Labute approximate surface area is 225 Å². The van der Waals surface area contributed by atoms with Crippen LogP contribution in [0, 0.1) is 11.6 Å². The molecule has 0 spiro atoms. The van der Waals surface area contributed by atoms with Crippen LogP contribution in [0.1, 0.15) is 24.8 Å². The summed E-state index contributed by atoms with van der Waals surface area (Å²) in [5, 5.41) is 3.13. The molecule has 4 aromatic rings. The number of amides is 1. The second-order valence-electron chi connectivity index (χ2n) is 9.48. The van der Waals surface area contributed by atoms with Gasteiger partial charge < -0.3 is 15.6 Å². The second-order valence-corrected chi connectivity index (χ2v) is 12.0. The Balaban J connectivity index is 1.69. The number of halogens is 2. The van der Waals surface area contributed by atoms with Gasteiger partial charge in [-0.2, -0.15) is 4.36 Å². The lowest BCUT2D eigenvalue weighted by Crippen LogP contribution is -2.20. The molecule has 2 aromatic carbocycles. The van der Waals surface area contributed by atoms with Gasteiger partial charge in [0.1, 0.15) is 35.1 Å². The number of anilines is 1. The van der Waals surface area contributed by atoms with Gasteiger partial charge in [-0.1, -0.05) is 25.1 Å². The van der Waals surface area contributed by atoms with E-state index in [2.05, 4.69) is 26.2 Å². The van der Waals surface area contributed by atoms with Crippen molar-refractivity contribution in [3.8, 4) is 22.4 Å². The van der Waals surface area contributed by atoms with E-state index in [0.717, 1.165) is 25.3 Å². The quantitative estimate of drug-likeness (QED) is 0.318. The van der Waals surface area contributed by atoms with Crippen LogP contribution in [-0.4, -0.2) is 36.2 Å². The molecule has 3 N–H and O–H groups in total. The predicted octanol–water partition coefficient (Wildman–Crippen LogP) is 5.25. The lowest BCUT2D eigenvalue weighted by atomic mass is 9.97. The minimum atomic E-state index is -2.50. The van der Waals surface area contributed by atoms with Crippen LogP contribution in [0.5, 0.6) is 0 Å². The number of aromatic nitrogens is 3. The van der Waals surface area contributed by atoms with E-state index in [0.29, 0.717) is 44.9 Å². The topological polar surface area (TPSA) is 115 Å². The standard InChI is InChI=1S/C28H28F2N6O2S/c1-3-23(37)32-15-17-7-9-20(29)19(13-17)26-24(25-27(31)33-16-34-28(25)36(26)2)18-8-10-22(21(30)14-18)35-39(38)11-5-4-6-12-39/h3,7-10,13-14,16H,1,4-6,11-12,15H2,2H3,(H,32,37)(H2,31,33,34). The Bertz CT molecular complexity index is 1730. The Morgan fingerprint density at radius 1 is 1.15 bits per heavy atom. The molecule has 1 aliphatic rings. The van der Waals surface area contributed by atoms with Crippen molar-refractivity contribution in [3.63, 3.8) is 0 Å². The average Bonchev–Trinajstić information content (AvgIpc) is 3.22. The van der Waals surface area contributed by atoms with Crippen LogP contribution in [0.15, 0.2) is 59.7 Å². The molecule has 1 saturated heterocycles. The maximum atomic E-state index is 15.4. The third kappa shape index (κ3) is 5.14. The van der Waals surface area contributed by atoms with Gasteiger partial charge in [0.15, 0.2) is 0 Å². The fraction of sp³-hybridized carbons (Fsp3) is 0.250. The molecule has 1 amide bonds. The Hall–Kier alpha value is -4.12. The van der Waals surface area contributed by atoms with Crippen LogP contribution < -0.4 is 11.1 Å². The van der Waals surface area contributed by atoms with Crippen molar-refractivity contribution in [1.29, 1.82) is 0 Å². The van der Waals surface area contributed by atoms with E-state index in [4.69, 9.17) is 5.73 Å². The van der Waals surface area contributed by atoms with E-state index < -0.39 is 21.4 Å². The fourth-order valence-corrected chi connectivity index (χ4v) is 7.14. The van der Waals surface area contributed by atoms with E-state index in [1.807, 2.05) is 0 Å². The monoisotopic (exact) mass is 550 g/mol. The summed E-state index contributed by atoms with van der Waals surface area (Å²) in [7, 11) is -0.785. The molecule has 0 unspecified atom stereocenters. The Kier molecular flexibility index (Phi) is 7.17. The molecule has 11 heteroatoms. The maximum Gasteiger partial charge on any atom is 0.243 e. The summed E-state index contributed by atoms with van der Waals surface area (Å²) in [6.07, 6.45) is 5.08. The number of nitrogens with two attached hydrogens (primary N) is 1. The van der Waals surface area contributed by atoms with Crippen molar-refractivity contribution in [2.75, 3.05) is 17.2 Å². The predicted molar refractivity (Wildman–Crippen MR) is 150 cm³/mol. The highest BCUT2D eigenvalue weighted by atomic mass is 32.2. The average molecular weight is 551 g/mol. The highest BCUT2D eigenvalue weighted by Crippen LogP contribution is 2.43. The van der Waals surface area contributed by atoms with Crippen molar-refractivity contribution in [1.82, 2.24) is 19.9 Å². The summed E-state index contributed by atoms with van der Waals surface area (Å²) in [4.78, 5) is 20.1. The first-order valence-corrected chi connectivity index (χ1v) is 14.4. The molecule has 0 atom stereocenters. The van der Waals surface area contributed by atoms with Crippen LogP contribution in [0.3, 0.4) is 0 Å². The van der Waals surface area contributed by atoms with Crippen LogP contribution in [0.2, 0.25) is 0 Å². The number of carbonyl (C=O) groups excluding carboxylic acids is 1. The summed E-state index contributed by atoms with van der Waals surface area (Å²) in [5.41, 5.74) is 8.87. The zero-order valence-electron chi connectivity index (χ0n) is 21.4. The number of rotatable bonds is 6. The van der Waals surface area contributed by atoms with Crippen molar-refractivity contribution >= 4 is 38.2 Å². The molecule has 3 heterocycles. The van der Waals surface area contributed by atoms with E-state index in [-0.39, 0.29) is 29.5 Å².